The van der Waals surface area contributed by atoms with Crippen molar-refractivity contribution in [1.29, 1.82) is 0 Å². The Morgan fingerprint density at radius 1 is 1.23 bits per heavy atom. The average Bonchev–Trinajstić information content (AvgIpc) is 3.02. The quantitative estimate of drug-likeness (QED) is 0.813. The Labute approximate surface area is 135 Å². The first kappa shape index (κ1) is 16.5. The van der Waals surface area contributed by atoms with Gasteiger partial charge in [0.05, 0.1) is 19.1 Å². The van der Waals surface area contributed by atoms with Crippen molar-refractivity contribution in [3.05, 3.63) is 52.7 Å². The molecule has 0 saturated heterocycles. The largest absolute Gasteiger partial charge is 0.493 e. The zero-order valence-corrected chi connectivity index (χ0v) is 13.8. The monoisotopic (exact) mass is 318 g/mol. The smallest absolute Gasteiger partial charge is 0.223 e. The molecule has 1 N–H and O–H groups in total. The fraction of sp³-hybridized carbons (Fsp3) is 0.353. The van der Waals surface area contributed by atoms with Gasteiger partial charge >= 0.3 is 0 Å². The van der Waals surface area contributed by atoms with Gasteiger partial charge in [0.25, 0.3) is 0 Å². The second kappa shape index (κ2) is 8.56. The fourth-order valence-electron chi connectivity index (χ4n) is 2.10. The lowest BCUT2D eigenvalue weighted by atomic mass is 10.2. The third kappa shape index (κ3) is 5.16. The van der Waals surface area contributed by atoms with Gasteiger partial charge in [0.2, 0.25) is 5.91 Å². The van der Waals surface area contributed by atoms with Crippen LogP contribution in [-0.2, 0) is 4.79 Å². The third-order valence-electron chi connectivity index (χ3n) is 3.33. The van der Waals surface area contributed by atoms with E-state index in [0.29, 0.717) is 19.6 Å². The summed E-state index contributed by atoms with van der Waals surface area (Å²) in [5.74, 6) is 0.805. The van der Waals surface area contributed by atoms with E-state index in [4.69, 9.17) is 4.74 Å². The number of thiophene rings is 1. The zero-order chi connectivity index (χ0) is 15.8. The molecule has 1 heterocycles. The van der Waals surface area contributed by atoms with E-state index in [9.17, 15) is 4.79 Å². The summed E-state index contributed by atoms with van der Waals surface area (Å²) in [5, 5.41) is 5.04. The Bertz CT molecular complexity index is 555. The standard InChI is InChI=1S/C17H22N2O2S/c1-19(2)15(16-9-6-12-22-16)13-18-17(20)10-11-21-14-7-4-3-5-8-14/h3-9,12,15H,10-11,13H2,1-2H3,(H,18,20). The maximum Gasteiger partial charge on any atom is 0.223 e. The number of nitrogens with one attached hydrogen (secondary N) is 1. The molecule has 5 heteroatoms. The highest BCUT2D eigenvalue weighted by atomic mass is 32.1. The second-order valence-electron chi connectivity index (χ2n) is 5.21. The first-order chi connectivity index (χ1) is 10.7. The van der Waals surface area contributed by atoms with Crippen LogP contribution in [0.15, 0.2) is 47.8 Å². The number of nitrogens with zero attached hydrogens (tertiary/aromatic N) is 1. The molecule has 1 aromatic carbocycles. The summed E-state index contributed by atoms with van der Waals surface area (Å²) >= 11 is 1.71. The lowest BCUT2D eigenvalue weighted by molar-refractivity contribution is -0.121. The number of ether oxygens (including phenoxy) is 1. The van der Waals surface area contributed by atoms with Gasteiger partial charge in [-0.25, -0.2) is 0 Å². The molecule has 0 aliphatic heterocycles. The molecule has 0 spiro atoms. The lowest BCUT2D eigenvalue weighted by Crippen LogP contribution is -2.34. The molecule has 118 valence electrons. The summed E-state index contributed by atoms with van der Waals surface area (Å²) < 4.78 is 5.53. The van der Waals surface area contributed by atoms with Crippen LogP contribution < -0.4 is 10.1 Å². The maximum atomic E-state index is 11.9. The highest BCUT2D eigenvalue weighted by molar-refractivity contribution is 7.10. The van der Waals surface area contributed by atoms with Crippen LogP contribution in [-0.4, -0.2) is 38.1 Å². The Morgan fingerprint density at radius 3 is 2.64 bits per heavy atom. The molecule has 0 saturated carbocycles. The highest BCUT2D eigenvalue weighted by Gasteiger charge is 2.16. The van der Waals surface area contributed by atoms with Gasteiger partial charge in [-0.05, 0) is 37.7 Å². The molecule has 0 fully saturated rings. The topological polar surface area (TPSA) is 41.6 Å². The maximum absolute atomic E-state index is 11.9. The van der Waals surface area contributed by atoms with E-state index in [1.165, 1.54) is 4.88 Å². The van der Waals surface area contributed by atoms with Crippen LogP contribution in [0.3, 0.4) is 0 Å². The van der Waals surface area contributed by atoms with Crippen LogP contribution in [0.2, 0.25) is 0 Å². The summed E-state index contributed by atoms with van der Waals surface area (Å²) in [4.78, 5) is 15.3. The van der Waals surface area contributed by atoms with Gasteiger partial charge < -0.3 is 15.0 Å². The Morgan fingerprint density at radius 2 is 2.00 bits per heavy atom. The summed E-state index contributed by atoms with van der Waals surface area (Å²) in [6.45, 7) is 0.999. The number of para-hydroxylation sites is 1. The highest BCUT2D eigenvalue weighted by Crippen LogP contribution is 2.22. The lowest BCUT2D eigenvalue weighted by Gasteiger charge is -2.23. The molecule has 1 amide bonds. The van der Waals surface area contributed by atoms with Crippen molar-refractivity contribution in [3.8, 4) is 5.75 Å². The van der Waals surface area contributed by atoms with Crippen LogP contribution in [0, 0.1) is 0 Å². The van der Waals surface area contributed by atoms with Crippen LogP contribution in [0.25, 0.3) is 0 Å². The molecule has 1 atom stereocenters. The number of hydrogen-bond acceptors (Lipinski definition) is 4. The molecular weight excluding hydrogens is 296 g/mol. The van der Waals surface area contributed by atoms with Crippen molar-refractivity contribution in [2.24, 2.45) is 0 Å². The van der Waals surface area contributed by atoms with E-state index in [-0.39, 0.29) is 11.9 Å². The molecular formula is C17H22N2O2S. The zero-order valence-electron chi connectivity index (χ0n) is 13.0. The minimum atomic E-state index is 0.0133. The van der Waals surface area contributed by atoms with Crippen molar-refractivity contribution in [1.82, 2.24) is 10.2 Å². The molecule has 1 unspecified atom stereocenters. The van der Waals surface area contributed by atoms with Gasteiger partial charge in [0.1, 0.15) is 5.75 Å². The van der Waals surface area contributed by atoms with E-state index in [1.54, 1.807) is 11.3 Å². The first-order valence-corrected chi connectivity index (χ1v) is 8.19. The van der Waals surface area contributed by atoms with Gasteiger partial charge in [0.15, 0.2) is 0 Å². The molecule has 1 aromatic heterocycles. The van der Waals surface area contributed by atoms with Crippen molar-refractivity contribution >= 4 is 17.2 Å². The predicted octanol–water partition coefficient (Wildman–Crippen LogP) is 2.94. The van der Waals surface area contributed by atoms with Crippen molar-refractivity contribution < 1.29 is 9.53 Å². The van der Waals surface area contributed by atoms with Crippen molar-refractivity contribution in [3.63, 3.8) is 0 Å². The van der Waals surface area contributed by atoms with Crippen LogP contribution >= 0.6 is 11.3 Å². The van der Waals surface area contributed by atoms with E-state index in [2.05, 4.69) is 21.7 Å². The Hall–Kier alpha value is -1.85. The summed E-state index contributed by atoms with van der Waals surface area (Å²) in [5.41, 5.74) is 0. The van der Waals surface area contributed by atoms with Crippen LogP contribution in [0.4, 0.5) is 0 Å². The Kier molecular flexibility index (Phi) is 6.43. The van der Waals surface area contributed by atoms with Crippen LogP contribution in [0.1, 0.15) is 17.3 Å². The van der Waals surface area contributed by atoms with Crippen molar-refractivity contribution in [2.45, 2.75) is 12.5 Å². The van der Waals surface area contributed by atoms with E-state index in [0.717, 1.165) is 5.75 Å². The molecule has 0 radical (unpaired) electrons. The number of rotatable bonds is 8. The SMILES string of the molecule is CN(C)C(CNC(=O)CCOc1ccccc1)c1cccs1. The van der Waals surface area contributed by atoms with Crippen LogP contribution in [0.5, 0.6) is 5.75 Å². The fourth-order valence-corrected chi connectivity index (χ4v) is 3.02. The summed E-state index contributed by atoms with van der Waals surface area (Å²) in [6.07, 6.45) is 0.361. The van der Waals surface area contributed by atoms with Gasteiger partial charge in [-0.2, -0.15) is 0 Å². The number of likely N-dealkylation sites (N-methyl/N-ethyl adjacent to an activating group) is 1. The molecule has 2 aromatic rings. The van der Waals surface area contributed by atoms with Gasteiger partial charge in [-0.15, -0.1) is 11.3 Å². The number of amides is 1. The summed E-state index contributed by atoms with van der Waals surface area (Å²) in [7, 11) is 4.05. The minimum Gasteiger partial charge on any atom is -0.493 e. The number of carbonyl (C=O) groups is 1. The van der Waals surface area contributed by atoms with E-state index < -0.39 is 0 Å². The third-order valence-corrected chi connectivity index (χ3v) is 4.30. The minimum absolute atomic E-state index is 0.0133. The first-order valence-electron chi connectivity index (χ1n) is 7.31. The second-order valence-corrected chi connectivity index (χ2v) is 6.19. The molecule has 0 aliphatic rings. The number of carbonyl (C=O) groups excluding carboxylic acids is 1. The Balaban J connectivity index is 1.72. The number of hydrogen-bond donors (Lipinski definition) is 1. The van der Waals surface area contributed by atoms with E-state index in [1.807, 2.05) is 50.5 Å². The molecule has 2 rings (SSSR count). The predicted molar refractivity (Wildman–Crippen MR) is 90.3 cm³/mol. The summed E-state index contributed by atoms with van der Waals surface area (Å²) in [6, 6.07) is 13.9. The van der Waals surface area contributed by atoms with E-state index >= 15 is 0 Å². The normalized spacial score (nSPS) is 12.1. The van der Waals surface area contributed by atoms with Crippen molar-refractivity contribution in [2.75, 3.05) is 27.2 Å². The molecule has 4 nitrogen and oxygen atoms in total. The number of benzene rings is 1. The van der Waals surface area contributed by atoms with Gasteiger partial charge in [-0.1, -0.05) is 24.3 Å². The molecule has 22 heavy (non-hydrogen) atoms. The molecule has 0 aliphatic carbocycles. The van der Waals surface area contributed by atoms with Gasteiger partial charge in [-0.3, -0.25) is 4.79 Å². The average molecular weight is 318 g/mol. The molecule has 0 bridgehead atoms. The van der Waals surface area contributed by atoms with Gasteiger partial charge in [0, 0.05) is 11.4 Å².